The highest BCUT2D eigenvalue weighted by molar-refractivity contribution is 8.00. The number of para-hydroxylation sites is 1. The van der Waals surface area contributed by atoms with Crippen molar-refractivity contribution in [3.05, 3.63) is 59.9 Å². The van der Waals surface area contributed by atoms with Gasteiger partial charge in [0.25, 0.3) is 0 Å². The van der Waals surface area contributed by atoms with Gasteiger partial charge < -0.3 is 5.32 Å². The van der Waals surface area contributed by atoms with Crippen LogP contribution in [0.1, 0.15) is 18.3 Å². The molecule has 3 aromatic rings. The zero-order chi connectivity index (χ0) is 20.3. The third-order valence-electron chi connectivity index (χ3n) is 3.76. The van der Waals surface area contributed by atoms with Crippen LogP contribution in [0.2, 0.25) is 0 Å². The molecule has 0 saturated heterocycles. The number of rotatable bonds is 4. The molecule has 0 saturated carbocycles. The molecule has 9 heteroatoms. The fourth-order valence-corrected chi connectivity index (χ4v) is 3.30. The summed E-state index contributed by atoms with van der Waals surface area (Å²) in [5, 5.41) is 11.3. The minimum absolute atomic E-state index is 0.0837. The van der Waals surface area contributed by atoms with Crippen LogP contribution in [0.3, 0.4) is 0 Å². The molecule has 1 aromatic heterocycles. The predicted molar refractivity (Wildman–Crippen MR) is 99.6 cm³/mol. The van der Waals surface area contributed by atoms with Crippen LogP contribution in [0.25, 0.3) is 10.9 Å². The molecule has 142 valence electrons. The summed E-state index contributed by atoms with van der Waals surface area (Å²) in [4.78, 5) is 19.6. The lowest BCUT2D eigenvalue weighted by Gasteiger charge is -2.14. The maximum Gasteiger partial charge on any atom is 0.451 e. The summed E-state index contributed by atoms with van der Waals surface area (Å²) < 4.78 is 39.3. The Bertz CT molecular complexity index is 1060. The Labute approximate surface area is 162 Å². The molecule has 0 unspecified atom stereocenters. The number of anilines is 1. The van der Waals surface area contributed by atoms with E-state index >= 15 is 0 Å². The topological polar surface area (TPSA) is 78.7 Å². The summed E-state index contributed by atoms with van der Waals surface area (Å²) in [5.41, 5.74) is 1.10. The summed E-state index contributed by atoms with van der Waals surface area (Å²) in [6, 6.07) is 14.6. The van der Waals surface area contributed by atoms with Crippen molar-refractivity contribution in [2.45, 2.75) is 23.4 Å². The number of nitrogens with zero attached hydrogens (tertiary/aromatic N) is 3. The number of carbonyl (C=O) groups is 1. The molecular weight excluding hydrogens is 389 g/mol. The second-order valence-corrected chi connectivity index (χ2v) is 7.14. The van der Waals surface area contributed by atoms with Gasteiger partial charge in [0.05, 0.1) is 22.4 Å². The number of halogens is 3. The Kier molecular flexibility index (Phi) is 5.51. The number of aromatic nitrogens is 2. The smallest absolute Gasteiger partial charge is 0.325 e. The van der Waals surface area contributed by atoms with Crippen LogP contribution >= 0.6 is 11.8 Å². The zero-order valence-electron chi connectivity index (χ0n) is 14.5. The molecule has 1 heterocycles. The highest BCUT2D eigenvalue weighted by Gasteiger charge is 2.35. The van der Waals surface area contributed by atoms with Crippen LogP contribution < -0.4 is 5.32 Å². The average Bonchev–Trinajstić information content (AvgIpc) is 2.67. The number of amides is 1. The monoisotopic (exact) mass is 402 g/mol. The Hall–Kier alpha value is -3.12. The first-order valence-corrected chi connectivity index (χ1v) is 8.97. The molecule has 0 bridgehead atoms. The summed E-state index contributed by atoms with van der Waals surface area (Å²) in [7, 11) is 0. The number of hydrogen-bond acceptors (Lipinski definition) is 5. The largest absolute Gasteiger partial charge is 0.451 e. The van der Waals surface area contributed by atoms with Gasteiger partial charge >= 0.3 is 6.18 Å². The Balaban J connectivity index is 1.84. The van der Waals surface area contributed by atoms with Gasteiger partial charge in [0.1, 0.15) is 5.03 Å². The molecule has 0 fully saturated rings. The molecule has 1 atom stereocenters. The van der Waals surface area contributed by atoms with Gasteiger partial charge in [-0.05, 0) is 37.3 Å². The standard InChI is InChI=1S/C19H13F3N4OS/c1-11(16(27)24-13-8-6-12(10-23)7-9-13)28-17-14-4-2-3-5-15(14)25-18(26-17)19(20,21)22/h2-9,11H,1H3,(H,24,27)/t11-/m0/s1. The van der Waals surface area contributed by atoms with Crippen LogP contribution in [0.15, 0.2) is 53.6 Å². The second kappa shape index (κ2) is 7.86. The van der Waals surface area contributed by atoms with Gasteiger partial charge in [0.15, 0.2) is 0 Å². The molecule has 0 aliphatic rings. The number of fused-ring (bicyclic) bond motifs is 1. The molecule has 3 rings (SSSR count). The number of benzene rings is 2. The van der Waals surface area contributed by atoms with E-state index in [0.717, 1.165) is 11.8 Å². The van der Waals surface area contributed by atoms with Gasteiger partial charge in [-0.25, -0.2) is 9.97 Å². The van der Waals surface area contributed by atoms with Crippen molar-refractivity contribution in [1.29, 1.82) is 5.26 Å². The zero-order valence-corrected chi connectivity index (χ0v) is 15.3. The maximum absolute atomic E-state index is 13.1. The van der Waals surface area contributed by atoms with E-state index in [1.807, 2.05) is 6.07 Å². The van der Waals surface area contributed by atoms with Crippen molar-refractivity contribution < 1.29 is 18.0 Å². The summed E-state index contributed by atoms with van der Waals surface area (Å²) in [5.74, 6) is -1.64. The summed E-state index contributed by atoms with van der Waals surface area (Å²) >= 11 is 0.923. The van der Waals surface area contributed by atoms with E-state index in [9.17, 15) is 18.0 Å². The molecule has 5 nitrogen and oxygen atoms in total. The van der Waals surface area contributed by atoms with E-state index in [2.05, 4.69) is 15.3 Å². The van der Waals surface area contributed by atoms with Gasteiger partial charge in [0.2, 0.25) is 11.7 Å². The first kappa shape index (κ1) is 19.6. The molecule has 0 aliphatic heterocycles. The number of thioether (sulfide) groups is 1. The predicted octanol–water partition coefficient (Wildman–Crippen LogP) is 4.64. The van der Waals surface area contributed by atoms with Crippen LogP contribution in [0, 0.1) is 11.3 Å². The van der Waals surface area contributed by atoms with Gasteiger partial charge in [-0.15, -0.1) is 0 Å². The third kappa shape index (κ3) is 4.40. The van der Waals surface area contributed by atoms with Crippen molar-refractivity contribution in [3.63, 3.8) is 0 Å². The lowest BCUT2D eigenvalue weighted by atomic mass is 10.2. The van der Waals surface area contributed by atoms with E-state index in [1.165, 1.54) is 6.07 Å². The highest BCUT2D eigenvalue weighted by Crippen LogP contribution is 2.33. The quantitative estimate of drug-likeness (QED) is 0.508. The van der Waals surface area contributed by atoms with Gasteiger partial charge in [-0.1, -0.05) is 30.0 Å². The summed E-state index contributed by atoms with van der Waals surface area (Å²) in [6.07, 6.45) is -4.69. The Morgan fingerprint density at radius 3 is 2.46 bits per heavy atom. The van der Waals surface area contributed by atoms with E-state index in [4.69, 9.17) is 5.26 Å². The molecule has 2 aromatic carbocycles. The average molecular weight is 402 g/mol. The number of hydrogen-bond donors (Lipinski definition) is 1. The maximum atomic E-state index is 13.1. The van der Waals surface area contributed by atoms with E-state index in [1.54, 1.807) is 49.4 Å². The number of alkyl halides is 3. The van der Waals surface area contributed by atoms with Crippen molar-refractivity contribution in [1.82, 2.24) is 9.97 Å². The second-order valence-electron chi connectivity index (χ2n) is 5.81. The van der Waals surface area contributed by atoms with Crippen LogP contribution in [0.4, 0.5) is 18.9 Å². The third-order valence-corrected chi connectivity index (χ3v) is 4.86. The van der Waals surface area contributed by atoms with Crippen molar-refractivity contribution in [2.24, 2.45) is 0 Å². The van der Waals surface area contributed by atoms with Gasteiger partial charge in [0, 0.05) is 11.1 Å². The van der Waals surface area contributed by atoms with Crippen molar-refractivity contribution >= 4 is 34.3 Å². The highest BCUT2D eigenvalue weighted by atomic mass is 32.2. The number of carbonyl (C=O) groups excluding carboxylic acids is 1. The Morgan fingerprint density at radius 2 is 1.82 bits per heavy atom. The van der Waals surface area contributed by atoms with E-state index in [0.29, 0.717) is 16.6 Å². The minimum Gasteiger partial charge on any atom is -0.325 e. The van der Waals surface area contributed by atoms with Crippen LogP contribution in [-0.2, 0) is 11.0 Å². The fourth-order valence-electron chi connectivity index (χ4n) is 2.36. The van der Waals surface area contributed by atoms with Crippen LogP contribution in [-0.4, -0.2) is 21.1 Å². The van der Waals surface area contributed by atoms with E-state index in [-0.39, 0.29) is 10.5 Å². The molecule has 0 spiro atoms. The minimum atomic E-state index is -4.69. The van der Waals surface area contributed by atoms with Crippen LogP contribution in [0.5, 0.6) is 0 Å². The van der Waals surface area contributed by atoms with Gasteiger partial charge in [-0.2, -0.15) is 18.4 Å². The molecule has 28 heavy (non-hydrogen) atoms. The van der Waals surface area contributed by atoms with Crippen molar-refractivity contribution in [3.8, 4) is 6.07 Å². The molecule has 1 amide bonds. The first-order valence-electron chi connectivity index (χ1n) is 8.09. The van der Waals surface area contributed by atoms with Gasteiger partial charge in [-0.3, -0.25) is 4.79 Å². The lowest BCUT2D eigenvalue weighted by molar-refractivity contribution is -0.145. The fraction of sp³-hybridized carbons (Fsp3) is 0.158. The SMILES string of the molecule is C[C@H](Sc1nc(C(F)(F)F)nc2ccccc12)C(=O)Nc1ccc(C#N)cc1. The Morgan fingerprint density at radius 1 is 1.14 bits per heavy atom. The number of nitriles is 1. The lowest BCUT2D eigenvalue weighted by Crippen LogP contribution is -2.22. The van der Waals surface area contributed by atoms with E-state index < -0.39 is 23.2 Å². The first-order chi connectivity index (χ1) is 13.3. The molecule has 0 aliphatic carbocycles. The normalized spacial score (nSPS) is 12.4. The molecular formula is C19H13F3N4OS. The summed E-state index contributed by atoms with van der Waals surface area (Å²) in [6.45, 7) is 1.58. The number of nitrogens with one attached hydrogen (secondary N) is 1. The molecule has 0 radical (unpaired) electrons. The van der Waals surface area contributed by atoms with Crippen molar-refractivity contribution in [2.75, 3.05) is 5.32 Å². The molecule has 1 N–H and O–H groups in total.